The van der Waals surface area contributed by atoms with E-state index in [0.29, 0.717) is 42.7 Å². The van der Waals surface area contributed by atoms with E-state index < -0.39 is 139 Å². The number of rotatable bonds is 33. The summed E-state index contributed by atoms with van der Waals surface area (Å²) in [6, 6.07) is 7.02. The first kappa shape index (κ1) is 60.0. The maximum atomic E-state index is 13.9. The number of carboxylic acids is 3. The summed E-state index contributed by atoms with van der Waals surface area (Å²) in [6.07, 6.45) is 1.13. The summed E-state index contributed by atoms with van der Waals surface area (Å²) in [4.78, 5) is 142. The normalized spacial score (nSPS) is 13.8. The van der Waals surface area contributed by atoms with Crippen LogP contribution in [0.3, 0.4) is 0 Å². The van der Waals surface area contributed by atoms with Crippen molar-refractivity contribution in [2.45, 2.75) is 108 Å². The van der Waals surface area contributed by atoms with Crippen molar-refractivity contribution in [2.75, 3.05) is 31.6 Å². The third kappa shape index (κ3) is 23.4. The molecule has 2 aromatic rings. The summed E-state index contributed by atoms with van der Waals surface area (Å²) >= 11 is 1.38. The van der Waals surface area contributed by atoms with Crippen molar-refractivity contribution >= 4 is 76.9 Å². The molecule has 0 aromatic heterocycles. The summed E-state index contributed by atoms with van der Waals surface area (Å²) in [7, 11) is 0. The van der Waals surface area contributed by atoms with Gasteiger partial charge in [0, 0.05) is 12.8 Å². The van der Waals surface area contributed by atoms with Crippen LogP contribution >= 0.6 is 11.8 Å². The number of amides is 8. The number of carbonyl (C=O) groups excluding carboxylic acids is 8. The summed E-state index contributed by atoms with van der Waals surface area (Å²) in [5.74, 6) is -12.2. The fourth-order valence-corrected chi connectivity index (χ4v) is 7.16. The zero-order valence-corrected chi connectivity index (χ0v) is 40.6. The lowest BCUT2D eigenvalue weighted by atomic mass is 10.0. The van der Waals surface area contributed by atoms with Crippen molar-refractivity contribution in [3.05, 3.63) is 71.8 Å². The molecular formula is C46H66N10O14S. The first-order chi connectivity index (χ1) is 33.6. The van der Waals surface area contributed by atoms with Gasteiger partial charge in [-0.15, -0.1) is 0 Å². The van der Waals surface area contributed by atoms with Gasteiger partial charge in [0.1, 0.15) is 36.3 Å². The Balaban J connectivity index is 2.21. The summed E-state index contributed by atoms with van der Waals surface area (Å²) < 4.78 is 0. The van der Waals surface area contributed by atoms with E-state index in [2.05, 4.69) is 42.5 Å². The van der Waals surface area contributed by atoms with Crippen molar-refractivity contribution < 1.29 is 68.1 Å². The Labute approximate surface area is 414 Å². The van der Waals surface area contributed by atoms with E-state index in [-0.39, 0.29) is 19.3 Å². The highest BCUT2D eigenvalue weighted by atomic mass is 32.2. The number of nitrogens with one attached hydrogen (secondary N) is 8. The van der Waals surface area contributed by atoms with E-state index in [9.17, 15) is 68.1 Å². The number of thioether (sulfide) groups is 1. The van der Waals surface area contributed by atoms with Gasteiger partial charge >= 0.3 is 17.9 Å². The smallest absolute Gasteiger partial charge is 0.326 e. The number of hydrogen-bond acceptors (Lipinski definition) is 14. The Hall–Kier alpha value is -7.12. The maximum absolute atomic E-state index is 13.9. The van der Waals surface area contributed by atoms with Crippen LogP contribution in [0.5, 0.6) is 0 Å². The molecule has 390 valence electrons. The standard InChI is InChI=1S/C46H66N10O14S/c1-26(2)39(46(69)70)56-45(68)32(21-28-14-8-5-9-15-28)54-43(66)31(20-27-12-6-4-7-13-27)51-35(57)25-50-42(65)33(22-37(59)60)55-44(67)34(23-38(61)62)52-36(58)24-49-41(64)30(17-19-71-3)53-40(63)29(48)16-10-11-18-47/h4-9,12-15,26,29-34,39H,10-11,16-25,47-48H2,1-3H3,(H,49,64)(H,50,65)(H,51,57)(H,52,58)(H,53,63)(H,54,66)(H,55,67)(H,56,68)(H,59,60)(H,61,62)(H,69,70)/t29-,30-,31-,32-,33-,34-,39-/m0/s1. The van der Waals surface area contributed by atoms with E-state index in [0.717, 1.165) is 0 Å². The Morgan fingerprint density at radius 1 is 0.535 bits per heavy atom. The minimum Gasteiger partial charge on any atom is -0.481 e. The van der Waals surface area contributed by atoms with Gasteiger partial charge in [0.2, 0.25) is 47.3 Å². The molecule has 0 aliphatic carbocycles. The molecule has 0 heterocycles. The molecule has 71 heavy (non-hydrogen) atoms. The molecule has 0 aliphatic rings. The molecule has 0 fully saturated rings. The molecule has 15 N–H and O–H groups in total. The fraction of sp³-hybridized carbons (Fsp3) is 0.500. The molecule has 8 amide bonds. The Morgan fingerprint density at radius 2 is 0.958 bits per heavy atom. The zero-order valence-electron chi connectivity index (χ0n) is 39.8. The molecule has 0 saturated heterocycles. The number of unbranched alkanes of at least 4 members (excludes halogenated alkanes) is 1. The molecule has 0 bridgehead atoms. The van der Waals surface area contributed by atoms with Crippen LogP contribution in [0, 0.1) is 5.92 Å². The van der Waals surface area contributed by atoms with Crippen LogP contribution in [0.25, 0.3) is 0 Å². The van der Waals surface area contributed by atoms with Crippen LogP contribution in [0.15, 0.2) is 60.7 Å². The molecule has 7 atom stereocenters. The minimum atomic E-state index is -1.94. The maximum Gasteiger partial charge on any atom is 0.326 e. The molecule has 24 nitrogen and oxygen atoms in total. The van der Waals surface area contributed by atoms with Crippen LogP contribution in [0.2, 0.25) is 0 Å². The third-order valence-electron chi connectivity index (χ3n) is 10.5. The van der Waals surface area contributed by atoms with Gasteiger partial charge in [-0.25, -0.2) is 4.79 Å². The zero-order chi connectivity index (χ0) is 53.0. The monoisotopic (exact) mass is 1010 g/mol. The number of carboxylic acid groups (broad SMARTS) is 3. The van der Waals surface area contributed by atoms with Crippen LogP contribution in [0.4, 0.5) is 0 Å². The first-order valence-electron chi connectivity index (χ1n) is 22.7. The van der Waals surface area contributed by atoms with Crippen molar-refractivity contribution in [2.24, 2.45) is 17.4 Å². The van der Waals surface area contributed by atoms with Gasteiger partial charge in [0.15, 0.2) is 0 Å². The molecule has 0 unspecified atom stereocenters. The highest BCUT2D eigenvalue weighted by Gasteiger charge is 2.33. The van der Waals surface area contributed by atoms with E-state index >= 15 is 0 Å². The van der Waals surface area contributed by atoms with Gasteiger partial charge in [0.25, 0.3) is 0 Å². The van der Waals surface area contributed by atoms with Crippen LogP contribution in [-0.2, 0) is 65.6 Å². The lowest BCUT2D eigenvalue weighted by Gasteiger charge is -2.26. The van der Waals surface area contributed by atoms with Crippen LogP contribution < -0.4 is 54.0 Å². The van der Waals surface area contributed by atoms with Gasteiger partial charge in [-0.3, -0.25) is 47.9 Å². The highest BCUT2D eigenvalue weighted by Crippen LogP contribution is 2.10. The highest BCUT2D eigenvalue weighted by molar-refractivity contribution is 7.98. The summed E-state index contributed by atoms with van der Waals surface area (Å²) in [5, 5.41) is 47.6. The van der Waals surface area contributed by atoms with Crippen molar-refractivity contribution in [1.82, 2.24) is 42.5 Å². The quantitative estimate of drug-likeness (QED) is 0.0329. The largest absolute Gasteiger partial charge is 0.481 e. The van der Waals surface area contributed by atoms with Crippen LogP contribution in [0.1, 0.15) is 63.5 Å². The number of hydrogen-bond donors (Lipinski definition) is 13. The van der Waals surface area contributed by atoms with Crippen molar-refractivity contribution in [3.63, 3.8) is 0 Å². The molecular weight excluding hydrogens is 949 g/mol. The van der Waals surface area contributed by atoms with Gasteiger partial charge in [-0.2, -0.15) is 11.8 Å². The van der Waals surface area contributed by atoms with E-state index in [1.807, 2.05) is 0 Å². The molecule has 2 aromatic carbocycles. The molecule has 0 aliphatic heterocycles. The number of benzene rings is 2. The number of aliphatic carboxylic acids is 3. The first-order valence-corrected chi connectivity index (χ1v) is 24.1. The second-order valence-corrected chi connectivity index (χ2v) is 17.7. The second kappa shape index (κ2) is 31.9. The van der Waals surface area contributed by atoms with E-state index in [1.165, 1.54) is 11.8 Å². The van der Waals surface area contributed by atoms with Crippen LogP contribution in [-0.4, -0.2) is 154 Å². The number of nitrogens with two attached hydrogens (primary N) is 2. The number of carbonyl (C=O) groups is 11. The van der Waals surface area contributed by atoms with Crippen molar-refractivity contribution in [1.29, 1.82) is 0 Å². The minimum absolute atomic E-state index is 0.0678. The van der Waals surface area contributed by atoms with Gasteiger partial charge in [-0.1, -0.05) is 80.9 Å². The molecule has 2 rings (SSSR count). The second-order valence-electron chi connectivity index (χ2n) is 16.7. The fourth-order valence-electron chi connectivity index (χ4n) is 6.69. The average Bonchev–Trinajstić information content (AvgIpc) is 3.32. The predicted octanol–water partition coefficient (Wildman–Crippen LogP) is -2.49. The van der Waals surface area contributed by atoms with E-state index in [1.54, 1.807) is 80.8 Å². The lowest BCUT2D eigenvalue weighted by molar-refractivity contribution is -0.143. The van der Waals surface area contributed by atoms with E-state index in [4.69, 9.17) is 11.5 Å². The lowest BCUT2D eigenvalue weighted by Crippen LogP contribution is -2.58. The summed E-state index contributed by atoms with van der Waals surface area (Å²) in [6.45, 7) is 1.91. The molecule has 0 saturated carbocycles. The topological polar surface area (TPSA) is 397 Å². The Morgan fingerprint density at radius 3 is 1.42 bits per heavy atom. The van der Waals surface area contributed by atoms with Crippen molar-refractivity contribution in [3.8, 4) is 0 Å². The Kier molecular flexibility index (Phi) is 27.0. The molecule has 25 heteroatoms. The molecule has 0 spiro atoms. The summed E-state index contributed by atoms with van der Waals surface area (Å²) in [5.41, 5.74) is 12.6. The molecule has 0 radical (unpaired) electrons. The Bertz CT molecular complexity index is 2140. The predicted molar refractivity (Wildman–Crippen MR) is 259 cm³/mol. The third-order valence-corrected chi connectivity index (χ3v) is 11.2. The van der Waals surface area contributed by atoms with Gasteiger partial charge in [0.05, 0.1) is 32.0 Å². The van der Waals surface area contributed by atoms with Gasteiger partial charge in [-0.05, 0) is 54.9 Å². The SMILES string of the molecule is CSCC[C@H](NC(=O)[C@@H](N)CCCCN)C(=O)NCC(=O)N[C@@H](CC(=O)O)C(=O)N[C@@H](CC(=O)O)C(=O)NCC(=O)N[C@@H](Cc1ccccc1)C(=O)N[C@@H](Cc1ccccc1)C(=O)N[C@H](C(=O)O)C(C)C. The van der Waals surface area contributed by atoms with Gasteiger partial charge < -0.3 is 69.3 Å². The average molecular weight is 1020 g/mol.